The maximum Gasteiger partial charge on any atom is 0.247 e. The molecule has 3 nitrogen and oxygen atoms in total. The van der Waals surface area contributed by atoms with Crippen molar-refractivity contribution < 1.29 is 4.79 Å². The summed E-state index contributed by atoms with van der Waals surface area (Å²) in [6.45, 7) is 2.19. The number of carbonyl (C=O) groups excluding carboxylic acids is 1. The van der Waals surface area contributed by atoms with Gasteiger partial charge in [-0.25, -0.2) is 0 Å². The van der Waals surface area contributed by atoms with Gasteiger partial charge in [0, 0.05) is 24.2 Å². The number of nitrogens with one attached hydrogen (secondary N) is 1. The van der Waals surface area contributed by atoms with Gasteiger partial charge >= 0.3 is 0 Å². The fourth-order valence-corrected chi connectivity index (χ4v) is 4.40. The van der Waals surface area contributed by atoms with Crippen LogP contribution in [0.5, 0.6) is 0 Å². The first-order valence-corrected chi connectivity index (χ1v) is 9.10. The fourth-order valence-electron chi connectivity index (χ4n) is 4.40. The Balaban J connectivity index is 1.35. The van der Waals surface area contributed by atoms with Crippen LogP contribution in [-0.2, 0) is 17.6 Å². The summed E-state index contributed by atoms with van der Waals surface area (Å²) in [4.78, 5) is 14.9. The molecule has 0 saturated carbocycles. The maximum absolute atomic E-state index is 12.3. The van der Waals surface area contributed by atoms with Gasteiger partial charge < -0.3 is 5.32 Å². The molecular formula is C20H26N2O. The Morgan fingerprint density at radius 2 is 1.91 bits per heavy atom. The molecule has 3 heteroatoms. The Labute approximate surface area is 138 Å². The molecule has 1 amide bonds. The van der Waals surface area contributed by atoms with E-state index in [1.54, 1.807) is 0 Å². The summed E-state index contributed by atoms with van der Waals surface area (Å²) in [5.41, 5.74) is 4.04. The second-order valence-electron chi connectivity index (χ2n) is 7.26. The van der Waals surface area contributed by atoms with Gasteiger partial charge in [0.2, 0.25) is 5.91 Å². The molecule has 122 valence electrons. The van der Waals surface area contributed by atoms with Gasteiger partial charge in [0.15, 0.2) is 0 Å². The van der Waals surface area contributed by atoms with Crippen molar-refractivity contribution in [2.45, 2.75) is 57.0 Å². The lowest BCUT2D eigenvalue weighted by atomic mass is 10.0. The van der Waals surface area contributed by atoms with E-state index >= 15 is 0 Å². The fraction of sp³-hybridized carbons (Fsp3) is 0.550. The van der Waals surface area contributed by atoms with E-state index in [0.717, 1.165) is 37.8 Å². The topological polar surface area (TPSA) is 32.3 Å². The van der Waals surface area contributed by atoms with Gasteiger partial charge in [-0.2, -0.15) is 0 Å². The Morgan fingerprint density at radius 3 is 2.61 bits per heavy atom. The highest BCUT2D eigenvalue weighted by atomic mass is 16.1. The molecule has 1 N–H and O–H groups in total. The molecule has 1 atom stereocenters. The van der Waals surface area contributed by atoms with Gasteiger partial charge in [-0.05, 0) is 62.6 Å². The molecular weight excluding hydrogens is 284 g/mol. The molecule has 0 bridgehead atoms. The van der Waals surface area contributed by atoms with Crippen LogP contribution < -0.4 is 5.32 Å². The predicted octanol–water partition coefficient (Wildman–Crippen LogP) is 2.84. The highest BCUT2D eigenvalue weighted by Crippen LogP contribution is 2.27. The van der Waals surface area contributed by atoms with Crippen molar-refractivity contribution >= 4 is 5.91 Å². The second kappa shape index (κ2) is 6.48. The molecule has 1 fully saturated rings. The molecule has 1 aromatic rings. The molecule has 1 heterocycles. The van der Waals surface area contributed by atoms with Gasteiger partial charge in [0.05, 0.1) is 0 Å². The van der Waals surface area contributed by atoms with E-state index in [-0.39, 0.29) is 5.91 Å². The van der Waals surface area contributed by atoms with Crippen molar-refractivity contribution in [1.82, 2.24) is 10.2 Å². The third-order valence-corrected chi connectivity index (χ3v) is 5.67. The lowest BCUT2D eigenvalue weighted by Gasteiger charge is -2.37. The molecule has 1 aromatic carbocycles. The zero-order valence-corrected chi connectivity index (χ0v) is 13.8. The summed E-state index contributed by atoms with van der Waals surface area (Å²) in [5, 5.41) is 3.29. The van der Waals surface area contributed by atoms with E-state index in [2.05, 4.69) is 40.6 Å². The van der Waals surface area contributed by atoms with Crippen molar-refractivity contribution in [2.24, 2.45) is 0 Å². The quantitative estimate of drug-likeness (QED) is 0.931. The molecule has 0 spiro atoms. The molecule has 23 heavy (non-hydrogen) atoms. The van der Waals surface area contributed by atoms with E-state index in [0.29, 0.717) is 12.1 Å². The minimum atomic E-state index is 0.184. The zero-order chi connectivity index (χ0) is 15.6. The minimum absolute atomic E-state index is 0.184. The number of likely N-dealkylation sites (tertiary alicyclic amines) is 1. The largest absolute Gasteiger partial charge is 0.348 e. The third kappa shape index (κ3) is 3.20. The third-order valence-electron chi connectivity index (χ3n) is 5.67. The number of fused-ring (bicyclic) bond motifs is 1. The van der Waals surface area contributed by atoms with Gasteiger partial charge in [-0.15, -0.1) is 0 Å². The SMILES string of the molecule is O=C(NC1CCCN(C2Cc3ccccc3C2)C1)C1=CCCC1. The van der Waals surface area contributed by atoms with Crippen LogP contribution in [0.4, 0.5) is 0 Å². The number of nitrogens with zero attached hydrogens (tertiary/aromatic N) is 1. The van der Waals surface area contributed by atoms with Crippen molar-refractivity contribution in [1.29, 1.82) is 0 Å². The number of hydrogen-bond acceptors (Lipinski definition) is 2. The average Bonchev–Trinajstić information content (AvgIpc) is 3.24. The van der Waals surface area contributed by atoms with Crippen LogP contribution in [0.1, 0.15) is 43.2 Å². The molecule has 4 rings (SSSR count). The van der Waals surface area contributed by atoms with Crippen LogP contribution in [-0.4, -0.2) is 36.0 Å². The Kier molecular flexibility index (Phi) is 4.21. The van der Waals surface area contributed by atoms with Crippen LogP contribution >= 0.6 is 0 Å². The number of piperidine rings is 1. The summed E-state index contributed by atoms with van der Waals surface area (Å²) >= 11 is 0. The van der Waals surface area contributed by atoms with Gasteiger partial charge in [-0.1, -0.05) is 30.3 Å². The van der Waals surface area contributed by atoms with Crippen molar-refractivity contribution in [3.05, 3.63) is 47.0 Å². The van der Waals surface area contributed by atoms with Crippen molar-refractivity contribution in [3.63, 3.8) is 0 Å². The summed E-state index contributed by atoms with van der Waals surface area (Å²) < 4.78 is 0. The van der Waals surface area contributed by atoms with Crippen LogP contribution in [0.15, 0.2) is 35.9 Å². The smallest absolute Gasteiger partial charge is 0.247 e. The summed E-state index contributed by atoms with van der Waals surface area (Å²) in [6.07, 6.45) is 9.93. The van der Waals surface area contributed by atoms with Crippen LogP contribution in [0, 0.1) is 0 Å². The van der Waals surface area contributed by atoms with Crippen LogP contribution in [0.2, 0.25) is 0 Å². The number of allylic oxidation sites excluding steroid dienone is 1. The molecule has 3 aliphatic rings. The normalized spacial score (nSPS) is 25.2. The van der Waals surface area contributed by atoms with Crippen molar-refractivity contribution in [2.75, 3.05) is 13.1 Å². The van der Waals surface area contributed by atoms with E-state index in [9.17, 15) is 4.79 Å². The van der Waals surface area contributed by atoms with Crippen molar-refractivity contribution in [3.8, 4) is 0 Å². The van der Waals surface area contributed by atoms with E-state index < -0.39 is 0 Å². The molecule has 0 radical (unpaired) electrons. The monoisotopic (exact) mass is 310 g/mol. The predicted molar refractivity (Wildman–Crippen MR) is 92.3 cm³/mol. The highest BCUT2D eigenvalue weighted by Gasteiger charge is 2.31. The second-order valence-corrected chi connectivity index (χ2v) is 7.26. The molecule has 0 aromatic heterocycles. The summed E-state index contributed by atoms with van der Waals surface area (Å²) in [7, 11) is 0. The summed E-state index contributed by atoms with van der Waals surface area (Å²) in [6, 6.07) is 9.78. The lowest BCUT2D eigenvalue weighted by molar-refractivity contribution is -0.118. The van der Waals surface area contributed by atoms with Gasteiger partial charge in [-0.3, -0.25) is 9.69 Å². The van der Waals surface area contributed by atoms with E-state index in [4.69, 9.17) is 0 Å². The Morgan fingerprint density at radius 1 is 1.13 bits per heavy atom. The van der Waals surface area contributed by atoms with Gasteiger partial charge in [0.1, 0.15) is 0 Å². The Hall–Kier alpha value is -1.61. The van der Waals surface area contributed by atoms with Crippen LogP contribution in [0.3, 0.4) is 0 Å². The number of rotatable bonds is 3. The minimum Gasteiger partial charge on any atom is -0.348 e. The first-order chi connectivity index (χ1) is 11.3. The first kappa shape index (κ1) is 14.9. The molecule has 1 saturated heterocycles. The van der Waals surface area contributed by atoms with E-state index in [1.807, 2.05) is 0 Å². The number of carbonyl (C=O) groups is 1. The molecule has 1 unspecified atom stereocenters. The standard InChI is InChI=1S/C20H26N2O/c23-20(15-6-1-2-7-15)21-18-10-5-11-22(14-18)19-12-16-8-3-4-9-17(16)13-19/h3-4,6,8-9,18-19H,1-2,5,7,10-14H2,(H,21,23). The van der Waals surface area contributed by atoms with Gasteiger partial charge in [0.25, 0.3) is 0 Å². The summed E-state index contributed by atoms with van der Waals surface area (Å²) in [5.74, 6) is 0.184. The maximum atomic E-state index is 12.3. The zero-order valence-electron chi connectivity index (χ0n) is 13.8. The number of hydrogen-bond donors (Lipinski definition) is 1. The number of amides is 1. The first-order valence-electron chi connectivity index (χ1n) is 9.10. The lowest BCUT2D eigenvalue weighted by Crippen LogP contribution is -2.51. The van der Waals surface area contributed by atoms with Crippen LogP contribution in [0.25, 0.3) is 0 Å². The average molecular weight is 310 g/mol. The van der Waals surface area contributed by atoms with E-state index in [1.165, 1.54) is 36.9 Å². The number of benzene rings is 1. The highest BCUT2D eigenvalue weighted by molar-refractivity contribution is 5.93. The molecule has 1 aliphatic heterocycles. The Bertz CT molecular complexity index is 597. The molecule has 2 aliphatic carbocycles.